The monoisotopic (exact) mass is 463 g/mol. The summed E-state index contributed by atoms with van der Waals surface area (Å²) in [4.78, 5) is 19.9. The molecule has 0 fully saturated rings. The minimum atomic E-state index is -0.173. The quantitative estimate of drug-likeness (QED) is 0.497. The number of rotatable bonds is 7. The van der Waals surface area contributed by atoms with E-state index in [2.05, 4.69) is 22.3 Å². The second-order valence-corrected chi connectivity index (χ2v) is 9.67. The van der Waals surface area contributed by atoms with Gasteiger partial charge in [-0.3, -0.25) is 4.79 Å². The second-order valence-electron chi connectivity index (χ2n) is 9.67. The molecule has 1 atom stereocenters. The number of fused-ring (bicyclic) bond motifs is 1. The van der Waals surface area contributed by atoms with Gasteiger partial charge in [0.2, 0.25) is 11.8 Å². The van der Waals surface area contributed by atoms with Crippen LogP contribution in [0, 0.1) is 0 Å². The lowest BCUT2D eigenvalue weighted by Gasteiger charge is -2.38. The Morgan fingerprint density at radius 3 is 2.47 bits per heavy atom. The fourth-order valence-electron chi connectivity index (χ4n) is 4.40. The van der Waals surface area contributed by atoms with Crippen molar-refractivity contribution in [1.82, 2.24) is 15.0 Å². The van der Waals surface area contributed by atoms with Crippen LogP contribution in [0.4, 0.5) is 0 Å². The van der Waals surface area contributed by atoms with Crippen molar-refractivity contribution in [3.8, 4) is 11.5 Å². The van der Waals surface area contributed by atoms with Gasteiger partial charge < -0.3 is 18.9 Å². The lowest BCUT2D eigenvalue weighted by Crippen LogP contribution is -2.40. The Labute approximate surface area is 201 Å². The topological polar surface area (TPSA) is 77.7 Å². The highest BCUT2D eigenvalue weighted by Gasteiger charge is 2.33. The lowest BCUT2D eigenvalue weighted by molar-refractivity contribution is -0.133. The first-order valence-corrected chi connectivity index (χ1v) is 11.7. The van der Waals surface area contributed by atoms with Crippen molar-refractivity contribution in [2.24, 2.45) is 0 Å². The summed E-state index contributed by atoms with van der Waals surface area (Å²) < 4.78 is 16.5. The van der Waals surface area contributed by atoms with Crippen LogP contribution in [0.25, 0.3) is 0 Å². The van der Waals surface area contributed by atoms with E-state index in [0.717, 1.165) is 17.5 Å². The normalized spacial score (nSPS) is 15.7. The number of amides is 1. The van der Waals surface area contributed by atoms with Gasteiger partial charge in [0.25, 0.3) is 0 Å². The molecule has 1 amide bonds. The Kier molecular flexibility index (Phi) is 6.91. The summed E-state index contributed by atoms with van der Waals surface area (Å²) in [5.41, 5.74) is 3.17. The molecule has 0 saturated heterocycles. The van der Waals surface area contributed by atoms with E-state index in [1.165, 1.54) is 5.56 Å². The maximum Gasteiger partial charge on any atom is 0.226 e. The highest BCUT2D eigenvalue weighted by molar-refractivity contribution is 5.78. The summed E-state index contributed by atoms with van der Waals surface area (Å²) in [5.74, 6) is 2.77. The molecule has 0 spiro atoms. The number of hydrogen-bond donors (Lipinski definition) is 0. The predicted molar refractivity (Wildman–Crippen MR) is 129 cm³/mol. The minimum absolute atomic E-state index is 0.116. The van der Waals surface area contributed by atoms with Crippen molar-refractivity contribution in [2.75, 3.05) is 20.8 Å². The zero-order chi connectivity index (χ0) is 24.3. The van der Waals surface area contributed by atoms with Crippen molar-refractivity contribution >= 4 is 5.91 Å². The molecule has 0 unspecified atom stereocenters. The summed E-state index contributed by atoms with van der Waals surface area (Å²) >= 11 is 0. The van der Waals surface area contributed by atoms with E-state index in [-0.39, 0.29) is 17.4 Å². The van der Waals surface area contributed by atoms with Crippen LogP contribution >= 0.6 is 0 Å². The Balaban J connectivity index is 1.54. The SMILES string of the molecule is COc1cc2c(cc1OC)[C@H](c1ccccc1)N(C(=O)CCCc1nc(C(C)(C)C)no1)CC2. The van der Waals surface area contributed by atoms with E-state index in [4.69, 9.17) is 14.0 Å². The van der Waals surface area contributed by atoms with Crippen LogP contribution in [-0.2, 0) is 23.1 Å². The Bertz CT molecular complexity index is 1130. The van der Waals surface area contributed by atoms with Gasteiger partial charge in [-0.2, -0.15) is 4.98 Å². The van der Waals surface area contributed by atoms with Crippen LogP contribution in [0.1, 0.15) is 68.1 Å². The molecule has 4 rings (SSSR count). The van der Waals surface area contributed by atoms with Gasteiger partial charge >= 0.3 is 0 Å². The van der Waals surface area contributed by atoms with Crippen LogP contribution in [0.2, 0.25) is 0 Å². The van der Waals surface area contributed by atoms with Gasteiger partial charge in [0, 0.05) is 24.8 Å². The Morgan fingerprint density at radius 1 is 1.12 bits per heavy atom. The van der Waals surface area contributed by atoms with Crippen LogP contribution < -0.4 is 9.47 Å². The fourth-order valence-corrected chi connectivity index (χ4v) is 4.40. The molecule has 2 aromatic carbocycles. The van der Waals surface area contributed by atoms with Crippen LogP contribution in [0.5, 0.6) is 11.5 Å². The smallest absolute Gasteiger partial charge is 0.226 e. The number of methoxy groups -OCH3 is 2. The largest absolute Gasteiger partial charge is 0.493 e. The van der Waals surface area contributed by atoms with E-state index in [0.29, 0.717) is 49.0 Å². The fraction of sp³-hybridized carbons (Fsp3) is 0.444. The van der Waals surface area contributed by atoms with Gasteiger partial charge in [0.1, 0.15) is 0 Å². The highest BCUT2D eigenvalue weighted by atomic mass is 16.5. The van der Waals surface area contributed by atoms with Crippen molar-refractivity contribution in [3.05, 3.63) is 70.9 Å². The first-order valence-electron chi connectivity index (χ1n) is 11.7. The van der Waals surface area contributed by atoms with E-state index in [9.17, 15) is 4.79 Å². The molecule has 0 saturated carbocycles. The molecular formula is C27H33N3O4. The predicted octanol–water partition coefficient (Wildman–Crippen LogP) is 4.88. The molecule has 1 aromatic heterocycles. The zero-order valence-corrected chi connectivity index (χ0v) is 20.6. The minimum Gasteiger partial charge on any atom is -0.493 e. The molecule has 180 valence electrons. The number of nitrogens with zero attached hydrogens (tertiary/aromatic N) is 3. The molecule has 1 aliphatic rings. The van der Waals surface area contributed by atoms with Gasteiger partial charge in [-0.1, -0.05) is 56.3 Å². The number of carbonyl (C=O) groups excluding carboxylic acids is 1. The number of aryl methyl sites for hydroxylation is 1. The van der Waals surface area contributed by atoms with Crippen LogP contribution in [0.15, 0.2) is 47.0 Å². The Morgan fingerprint density at radius 2 is 1.82 bits per heavy atom. The highest BCUT2D eigenvalue weighted by Crippen LogP contribution is 2.41. The molecule has 0 N–H and O–H groups in total. The number of aromatic nitrogens is 2. The molecule has 1 aliphatic heterocycles. The third-order valence-electron chi connectivity index (χ3n) is 6.23. The molecule has 0 radical (unpaired) electrons. The third-order valence-corrected chi connectivity index (χ3v) is 6.23. The van der Waals surface area contributed by atoms with Gasteiger partial charge in [-0.15, -0.1) is 0 Å². The van der Waals surface area contributed by atoms with Gasteiger partial charge in [-0.25, -0.2) is 0 Å². The van der Waals surface area contributed by atoms with Crippen molar-refractivity contribution < 1.29 is 18.8 Å². The zero-order valence-electron chi connectivity index (χ0n) is 20.6. The number of ether oxygens (including phenoxy) is 2. The summed E-state index contributed by atoms with van der Waals surface area (Å²) in [6.07, 6.45) is 2.42. The van der Waals surface area contributed by atoms with Crippen molar-refractivity contribution in [2.45, 2.75) is 57.9 Å². The van der Waals surface area contributed by atoms with E-state index < -0.39 is 0 Å². The van der Waals surface area contributed by atoms with Gasteiger partial charge in [0.05, 0.1) is 20.3 Å². The maximum absolute atomic E-state index is 13.4. The average molecular weight is 464 g/mol. The molecule has 7 heteroatoms. The van der Waals surface area contributed by atoms with Crippen LogP contribution in [-0.4, -0.2) is 41.7 Å². The third kappa shape index (κ3) is 4.93. The summed E-state index contributed by atoms with van der Waals surface area (Å²) in [5, 5.41) is 4.08. The van der Waals surface area contributed by atoms with Gasteiger partial charge in [0.15, 0.2) is 17.3 Å². The molecule has 2 heterocycles. The van der Waals surface area contributed by atoms with Gasteiger partial charge in [-0.05, 0) is 41.7 Å². The number of hydrogen-bond acceptors (Lipinski definition) is 6. The van der Waals surface area contributed by atoms with Crippen LogP contribution in [0.3, 0.4) is 0 Å². The average Bonchev–Trinajstić information content (AvgIpc) is 3.32. The van der Waals surface area contributed by atoms with Crippen molar-refractivity contribution in [1.29, 1.82) is 0 Å². The van der Waals surface area contributed by atoms with E-state index in [1.807, 2.05) is 56.0 Å². The number of benzene rings is 2. The molecular weight excluding hydrogens is 430 g/mol. The first-order chi connectivity index (χ1) is 16.3. The molecule has 34 heavy (non-hydrogen) atoms. The lowest BCUT2D eigenvalue weighted by atomic mass is 9.87. The van der Waals surface area contributed by atoms with E-state index in [1.54, 1.807) is 14.2 Å². The molecule has 0 aliphatic carbocycles. The standard InChI is InChI=1S/C27H33N3O4/c1-27(2,3)26-28-23(34-29-26)12-9-13-24(31)30-15-14-19-16-21(32-4)22(33-5)17-20(19)25(30)18-10-7-6-8-11-18/h6-8,10-11,16-17,25H,9,12-15H2,1-5H3/t25-/m0/s1. The first kappa shape index (κ1) is 23.8. The van der Waals surface area contributed by atoms with E-state index >= 15 is 0 Å². The maximum atomic E-state index is 13.4. The Hall–Kier alpha value is -3.35. The molecule has 0 bridgehead atoms. The summed E-state index contributed by atoms with van der Waals surface area (Å²) in [6.45, 7) is 6.80. The molecule has 7 nitrogen and oxygen atoms in total. The summed E-state index contributed by atoms with van der Waals surface area (Å²) in [7, 11) is 3.28. The molecule has 3 aromatic rings. The van der Waals surface area contributed by atoms with Crippen molar-refractivity contribution in [3.63, 3.8) is 0 Å². The number of carbonyl (C=O) groups is 1. The summed E-state index contributed by atoms with van der Waals surface area (Å²) in [6, 6.07) is 14.0. The second kappa shape index (κ2) is 9.87.